The van der Waals surface area contributed by atoms with Gasteiger partial charge in [-0.3, -0.25) is 9.59 Å². The van der Waals surface area contributed by atoms with Crippen molar-refractivity contribution >= 4 is 17.5 Å². The molecule has 0 spiro atoms. The van der Waals surface area contributed by atoms with Gasteiger partial charge in [-0.25, -0.2) is 0 Å². The van der Waals surface area contributed by atoms with E-state index in [-0.39, 0.29) is 17.2 Å². The molecule has 0 heterocycles. The third-order valence-corrected chi connectivity index (χ3v) is 4.07. The Labute approximate surface area is 160 Å². The first kappa shape index (κ1) is 21.3. The number of halogens is 3. The smallest absolute Gasteiger partial charge is 0.416 e. The molecule has 1 atom stereocenters. The number of benzene rings is 2. The molecule has 0 aliphatic heterocycles. The first-order valence-electron chi connectivity index (χ1n) is 8.55. The molecule has 2 N–H and O–H groups in total. The molecule has 0 bridgehead atoms. The summed E-state index contributed by atoms with van der Waals surface area (Å²) >= 11 is 0. The molecule has 0 saturated heterocycles. The standard InChI is InChI=1S/C20H21F3N2O3/c1-12(2)17(25-18(26)15-6-4-5-7-16(15)28-3)19(27)24-14-10-8-13(9-11-14)20(21,22)23/h4-12,17H,1-3H3,(H,24,27)(H,25,26)/t17-/m1/s1. The average Bonchev–Trinajstić information content (AvgIpc) is 2.65. The fraction of sp³-hybridized carbons (Fsp3) is 0.300. The molecule has 0 fully saturated rings. The Hall–Kier alpha value is -3.03. The van der Waals surface area contributed by atoms with Crippen molar-refractivity contribution in [3.05, 3.63) is 59.7 Å². The van der Waals surface area contributed by atoms with Crippen molar-refractivity contribution in [3.8, 4) is 5.75 Å². The van der Waals surface area contributed by atoms with Gasteiger partial charge in [0.2, 0.25) is 5.91 Å². The molecule has 2 aromatic carbocycles. The molecule has 0 unspecified atom stereocenters. The van der Waals surface area contributed by atoms with E-state index in [0.717, 1.165) is 12.1 Å². The van der Waals surface area contributed by atoms with Crippen LogP contribution in [0.1, 0.15) is 29.8 Å². The Bertz CT molecular complexity index is 833. The first-order chi connectivity index (χ1) is 13.1. The highest BCUT2D eigenvalue weighted by molar-refractivity contribution is 6.02. The highest BCUT2D eigenvalue weighted by atomic mass is 19.4. The number of carbonyl (C=O) groups excluding carboxylic acids is 2. The number of anilines is 1. The SMILES string of the molecule is COc1ccccc1C(=O)N[C@@H](C(=O)Nc1ccc(C(F)(F)F)cc1)C(C)C. The van der Waals surface area contributed by atoms with Gasteiger partial charge in [0, 0.05) is 5.69 Å². The molecule has 0 radical (unpaired) electrons. The largest absolute Gasteiger partial charge is 0.496 e. The first-order valence-corrected chi connectivity index (χ1v) is 8.55. The quantitative estimate of drug-likeness (QED) is 0.775. The van der Waals surface area contributed by atoms with Crippen LogP contribution in [0.2, 0.25) is 0 Å². The lowest BCUT2D eigenvalue weighted by Gasteiger charge is -2.22. The van der Waals surface area contributed by atoms with E-state index < -0.39 is 29.6 Å². The highest BCUT2D eigenvalue weighted by Gasteiger charge is 2.30. The normalized spacial score (nSPS) is 12.4. The molecular weight excluding hydrogens is 373 g/mol. The van der Waals surface area contributed by atoms with Crippen LogP contribution in [0.25, 0.3) is 0 Å². The third kappa shape index (κ3) is 5.25. The van der Waals surface area contributed by atoms with Crippen LogP contribution < -0.4 is 15.4 Å². The summed E-state index contributed by atoms with van der Waals surface area (Å²) in [6, 6.07) is 9.79. The van der Waals surface area contributed by atoms with Crippen LogP contribution in [-0.4, -0.2) is 25.0 Å². The van der Waals surface area contributed by atoms with E-state index in [1.165, 1.54) is 19.2 Å². The number of methoxy groups -OCH3 is 1. The number of carbonyl (C=O) groups is 2. The molecule has 0 aliphatic carbocycles. The number of alkyl halides is 3. The van der Waals surface area contributed by atoms with Crippen molar-refractivity contribution in [1.82, 2.24) is 5.32 Å². The Morgan fingerprint density at radius 2 is 1.61 bits per heavy atom. The Kier molecular flexibility index (Phi) is 6.66. The minimum absolute atomic E-state index is 0.204. The van der Waals surface area contributed by atoms with Crippen LogP contribution >= 0.6 is 0 Å². The lowest BCUT2D eigenvalue weighted by atomic mass is 10.0. The van der Waals surface area contributed by atoms with Gasteiger partial charge >= 0.3 is 6.18 Å². The number of nitrogens with one attached hydrogen (secondary N) is 2. The van der Waals surface area contributed by atoms with E-state index in [4.69, 9.17) is 4.74 Å². The Morgan fingerprint density at radius 1 is 1.00 bits per heavy atom. The van der Waals surface area contributed by atoms with E-state index in [9.17, 15) is 22.8 Å². The topological polar surface area (TPSA) is 67.4 Å². The maximum absolute atomic E-state index is 12.6. The summed E-state index contributed by atoms with van der Waals surface area (Å²) < 4.78 is 43.1. The van der Waals surface area contributed by atoms with Crippen molar-refractivity contribution in [2.75, 3.05) is 12.4 Å². The molecule has 2 rings (SSSR count). The van der Waals surface area contributed by atoms with E-state index >= 15 is 0 Å². The monoisotopic (exact) mass is 394 g/mol. The Morgan fingerprint density at radius 3 is 2.14 bits per heavy atom. The summed E-state index contributed by atoms with van der Waals surface area (Å²) in [7, 11) is 1.43. The fourth-order valence-corrected chi connectivity index (χ4v) is 2.55. The lowest BCUT2D eigenvalue weighted by molar-refractivity contribution is -0.137. The molecule has 28 heavy (non-hydrogen) atoms. The maximum Gasteiger partial charge on any atom is 0.416 e. The second-order valence-electron chi connectivity index (χ2n) is 6.46. The molecular formula is C20H21F3N2O3. The van der Waals surface area contributed by atoms with Gasteiger partial charge in [-0.15, -0.1) is 0 Å². The highest BCUT2D eigenvalue weighted by Crippen LogP contribution is 2.29. The molecule has 0 aliphatic rings. The van der Waals surface area contributed by atoms with Crippen LogP contribution in [0.3, 0.4) is 0 Å². The number of rotatable bonds is 6. The lowest BCUT2D eigenvalue weighted by Crippen LogP contribution is -2.47. The molecule has 150 valence electrons. The van der Waals surface area contributed by atoms with Gasteiger partial charge in [-0.05, 0) is 42.3 Å². The van der Waals surface area contributed by atoms with Crippen LogP contribution in [0.15, 0.2) is 48.5 Å². The van der Waals surface area contributed by atoms with Crippen molar-refractivity contribution in [2.45, 2.75) is 26.1 Å². The van der Waals surface area contributed by atoms with Gasteiger partial charge in [-0.1, -0.05) is 26.0 Å². The number of ether oxygens (including phenoxy) is 1. The number of hydrogen-bond donors (Lipinski definition) is 2. The van der Waals surface area contributed by atoms with Crippen LogP contribution in [0, 0.1) is 5.92 Å². The summed E-state index contributed by atoms with van der Waals surface area (Å²) in [4.78, 5) is 25.1. The zero-order chi connectivity index (χ0) is 20.9. The predicted molar refractivity (Wildman–Crippen MR) is 99.2 cm³/mol. The van der Waals surface area contributed by atoms with Crippen LogP contribution in [0.5, 0.6) is 5.75 Å². The predicted octanol–water partition coefficient (Wildman–Crippen LogP) is 4.11. The van der Waals surface area contributed by atoms with Gasteiger partial charge in [0.05, 0.1) is 18.2 Å². The molecule has 5 nitrogen and oxygen atoms in total. The van der Waals surface area contributed by atoms with E-state index in [1.807, 2.05) is 0 Å². The van der Waals surface area contributed by atoms with E-state index in [2.05, 4.69) is 10.6 Å². The summed E-state index contributed by atoms with van der Waals surface area (Å²) in [5.74, 6) is -0.907. The van der Waals surface area contributed by atoms with Crippen molar-refractivity contribution < 1.29 is 27.5 Å². The third-order valence-electron chi connectivity index (χ3n) is 4.07. The summed E-state index contributed by atoms with van der Waals surface area (Å²) in [5.41, 5.74) is -0.330. The van der Waals surface area contributed by atoms with Gasteiger partial charge in [-0.2, -0.15) is 13.2 Å². The van der Waals surface area contributed by atoms with Crippen molar-refractivity contribution in [2.24, 2.45) is 5.92 Å². The number of para-hydroxylation sites is 1. The molecule has 8 heteroatoms. The molecule has 0 aromatic heterocycles. The Balaban J connectivity index is 2.13. The average molecular weight is 394 g/mol. The summed E-state index contributed by atoms with van der Waals surface area (Å²) in [6.45, 7) is 3.50. The molecule has 2 amide bonds. The number of hydrogen-bond acceptors (Lipinski definition) is 3. The van der Waals surface area contributed by atoms with Gasteiger partial charge in [0.1, 0.15) is 11.8 Å². The van der Waals surface area contributed by atoms with Crippen LogP contribution in [-0.2, 0) is 11.0 Å². The molecule has 2 aromatic rings. The van der Waals surface area contributed by atoms with E-state index in [0.29, 0.717) is 5.75 Å². The summed E-state index contributed by atoms with van der Waals surface area (Å²) in [6.07, 6.45) is -4.45. The summed E-state index contributed by atoms with van der Waals surface area (Å²) in [5, 5.41) is 5.19. The van der Waals surface area contributed by atoms with Gasteiger partial charge in [0.15, 0.2) is 0 Å². The van der Waals surface area contributed by atoms with Crippen molar-refractivity contribution in [1.29, 1.82) is 0 Å². The minimum Gasteiger partial charge on any atom is -0.496 e. The molecule has 0 saturated carbocycles. The van der Waals surface area contributed by atoms with Crippen LogP contribution in [0.4, 0.5) is 18.9 Å². The number of amides is 2. The second kappa shape index (κ2) is 8.77. The second-order valence-corrected chi connectivity index (χ2v) is 6.46. The van der Waals surface area contributed by atoms with Crippen molar-refractivity contribution in [3.63, 3.8) is 0 Å². The fourth-order valence-electron chi connectivity index (χ4n) is 2.55. The maximum atomic E-state index is 12.6. The van der Waals surface area contributed by atoms with E-state index in [1.54, 1.807) is 38.1 Å². The van der Waals surface area contributed by atoms with Gasteiger partial charge < -0.3 is 15.4 Å². The minimum atomic E-state index is -4.45. The zero-order valence-electron chi connectivity index (χ0n) is 15.6. The zero-order valence-corrected chi connectivity index (χ0v) is 15.6. The van der Waals surface area contributed by atoms with Gasteiger partial charge in [0.25, 0.3) is 5.91 Å².